The van der Waals surface area contributed by atoms with Crippen molar-refractivity contribution in [2.24, 2.45) is 0 Å². The average molecular weight is 291 g/mol. The van der Waals surface area contributed by atoms with Gasteiger partial charge in [-0.15, -0.1) is 0 Å². The SMILES string of the molecule is CCOC1CC2(CCNC2)Oc2c1ccc1c2OCCO1. The molecule has 0 bridgehead atoms. The Labute approximate surface area is 124 Å². The quantitative estimate of drug-likeness (QED) is 0.903. The minimum absolute atomic E-state index is 0.0643. The molecule has 4 rings (SSSR count). The molecular formula is C16H21NO4. The van der Waals surface area contributed by atoms with Crippen molar-refractivity contribution in [3.05, 3.63) is 17.7 Å². The average Bonchev–Trinajstić information content (AvgIpc) is 2.95. The van der Waals surface area contributed by atoms with Gasteiger partial charge in [0.15, 0.2) is 11.5 Å². The number of benzene rings is 1. The summed E-state index contributed by atoms with van der Waals surface area (Å²) >= 11 is 0. The van der Waals surface area contributed by atoms with Gasteiger partial charge in [0.25, 0.3) is 0 Å². The maximum absolute atomic E-state index is 6.41. The van der Waals surface area contributed by atoms with Gasteiger partial charge in [0, 0.05) is 31.6 Å². The van der Waals surface area contributed by atoms with Crippen LogP contribution in [0.25, 0.3) is 0 Å². The van der Waals surface area contributed by atoms with Gasteiger partial charge >= 0.3 is 0 Å². The number of rotatable bonds is 2. The van der Waals surface area contributed by atoms with Crippen LogP contribution < -0.4 is 19.5 Å². The smallest absolute Gasteiger partial charge is 0.204 e. The molecule has 0 aliphatic carbocycles. The molecule has 1 aromatic rings. The molecule has 0 radical (unpaired) electrons. The Morgan fingerprint density at radius 2 is 2.19 bits per heavy atom. The minimum Gasteiger partial charge on any atom is -0.486 e. The van der Waals surface area contributed by atoms with E-state index in [1.165, 1.54) is 0 Å². The van der Waals surface area contributed by atoms with Gasteiger partial charge in [-0.25, -0.2) is 0 Å². The molecule has 2 atom stereocenters. The molecule has 3 aliphatic rings. The number of fused-ring (bicyclic) bond motifs is 3. The monoisotopic (exact) mass is 291 g/mol. The number of hydrogen-bond acceptors (Lipinski definition) is 5. The van der Waals surface area contributed by atoms with Crippen molar-refractivity contribution in [3.8, 4) is 17.2 Å². The van der Waals surface area contributed by atoms with Crippen LogP contribution in [0, 0.1) is 0 Å². The second kappa shape index (κ2) is 5.07. The Hall–Kier alpha value is -1.46. The van der Waals surface area contributed by atoms with Crippen molar-refractivity contribution in [3.63, 3.8) is 0 Å². The van der Waals surface area contributed by atoms with Crippen molar-refractivity contribution in [1.29, 1.82) is 0 Å². The molecule has 1 spiro atoms. The Kier molecular flexibility index (Phi) is 3.19. The summed E-state index contributed by atoms with van der Waals surface area (Å²) in [6, 6.07) is 4.02. The summed E-state index contributed by atoms with van der Waals surface area (Å²) in [5.41, 5.74) is 0.904. The molecule has 3 heterocycles. The molecule has 3 aliphatic heterocycles. The lowest BCUT2D eigenvalue weighted by molar-refractivity contribution is -0.0380. The molecular weight excluding hydrogens is 270 g/mol. The van der Waals surface area contributed by atoms with Crippen LogP contribution in [0.4, 0.5) is 0 Å². The van der Waals surface area contributed by atoms with Crippen molar-refractivity contribution < 1.29 is 18.9 Å². The number of hydrogen-bond donors (Lipinski definition) is 1. The summed E-state index contributed by atoms with van der Waals surface area (Å²) in [6.45, 7) is 5.74. The largest absolute Gasteiger partial charge is 0.486 e. The van der Waals surface area contributed by atoms with Crippen molar-refractivity contribution >= 4 is 0 Å². The summed E-state index contributed by atoms with van der Waals surface area (Å²) in [5.74, 6) is 2.34. The minimum atomic E-state index is -0.178. The summed E-state index contributed by atoms with van der Waals surface area (Å²) in [4.78, 5) is 0. The van der Waals surface area contributed by atoms with Gasteiger partial charge in [-0.05, 0) is 25.6 Å². The Balaban J connectivity index is 1.78. The molecule has 1 saturated heterocycles. The molecule has 0 amide bonds. The lowest BCUT2D eigenvalue weighted by Crippen LogP contribution is -2.43. The van der Waals surface area contributed by atoms with Gasteiger partial charge in [0.05, 0.1) is 6.10 Å². The normalized spacial score (nSPS) is 30.0. The Morgan fingerprint density at radius 1 is 1.29 bits per heavy atom. The summed E-state index contributed by atoms with van der Waals surface area (Å²) < 4.78 is 23.9. The van der Waals surface area contributed by atoms with Gasteiger partial charge < -0.3 is 24.3 Å². The van der Waals surface area contributed by atoms with E-state index in [1.54, 1.807) is 0 Å². The fraction of sp³-hybridized carbons (Fsp3) is 0.625. The van der Waals surface area contributed by atoms with E-state index in [4.69, 9.17) is 18.9 Å². The van der Waals surface area contributed by atoms with E-state index in [9.17, 15) is 0 Å². The van der Waals surface area contributed by atoms with E-state index in [1.807, 2.05) is 13.0 Å². The van der Waals surface area contributed by atoms with Crippen molar-refractivity contribution in [1.82, 2.24) is 5.32 Å². The summed E-state index contributed by atoms with van der Waals surface area (Å²) in [5, 5.41) is 3.40. The summed E-state index contributed by atoms with van der Waals surface area (Å²) in [7, 11) is 0. The zero-order valence-electron chi connectivity index (χ0n) is 12.3. The highest BCUT2D eigenvalue weighted by Gasteiger charge is 2.45. The zero-order valence-corrected chi connectivity index (χ0v) is 12.3. The third-order valence-corrected chi connectivity index (χ3v) is 4.49. The van der Waals surface area contributed by atoms with Gasteiger partial charge in [0.1, 0.15) is 18.8 Å². The van der Waals surface area contributed by atoms with Gasteiger partial charge in [-0.1, -0.05) is 0 Å². The molecule has 0 aromatic heterocycles. The first-order chi connectivity index (χ1) is 10.3. The van der Waals surface area contributed by atoms with E-state index < -0.39 is 0 Å². The van der Waals surface area contributed by atoms with Crippen LogP contribution in [0.15, 0.2) is 12.1 Å². The van der Waals surface area contributed by atoms with E-state index in [2.05, 4.69) is 11.4 Å². The first kappa shape index (κ1) is 13.2. The maximum Gasteiger partial charge on any atom is 0.204 e. The molecule has 5 heteroatoms. The van der Waals surface area contributed by atoms with Crippen LogP contribution in [0.1, 0.15) is 31.4 Å². The van der Waals surface area contributed by atoms with E-state index >= 15 is 0 Å². The molecule has 1 aromatic carbocycles. The second-order valence-corrected chi connectivity index (χ2v) is 5.87. The topological polar surface area (TPSA) is 49.0 Å². The fourth-order valence-corrected chi connectivity index (χ4v) is 3.50. The first-order valence-electron chi connectivity index (χ1n) is 7.75. The maximum atomic E-state index is 6.41. The van der Waals surface area contributed by atoms with Crippen LogP contribution in [0.3, 0.4) is 0 Å². The van der Waals surface area contributed by atoms with Crippen molar-refractivity contribution in [2.45, 2.75) is 31.5 Å². The number of ether oxygens (including phenoxy) is 4. The molecule has 5 nitrogen and oxygen atoms in total. The van der Waals surface area contributed by atoms with Gasteiger partial charge in [-0.3, -0.25) is 0 Å². The molecule has 21 heavy (non-hydrogen) atoms. The molecule has 0 saturated carbocycles. The standard InChI is InChI=1S/C16H21NO4/c1-2-18-13-9-16(5-6-17-10-16)21-14-11(13)3-4-12-15(14)20-8-7-19-12/h3-4,13,17H,2,5-10H2,1H3. The lowest BCUT2D eigenvalue weighted by Gasteiger charge is -2.40. The van der Waals surface area contributed by atoms with Crippen LogP contribution in [-0.4, -0.2) is 38.5 Å². The molecule has 114 valence electrons. The second-order valence-electron chi connectivity index (χ2n) is 5.87. The highest BCUT2D eigenvalue weighted by molar-refractivity contribution is 5.58. The fourth-order valence-electron chi connectivity index (χ4n) is 3.50. The van der Waals surface area contributed by atoms with Gasteiger partial charge in [-0.2, -0.15) is 0 Å². The van der Waals surface area contributed by atoms with Crippen LogP contribution >= 0.6 is 0 Å². The first-order valence-corrected chi connectivity index (χ1v) is 7.75. The van der Waals surface area contributed by atoms with Crippen LogP contribution in [-0.2, 0) is 4.74 Å². The van der Waals surface area contributed by atoms with E-state index in [0.29, 0.717) is 19.8 Å². The van der Waals surface area contributed by atoms with E-state index in [-0.39, 0.29) is 11.7 Å². The van der Waals surface area contributed by atoms with Gasteiger partial charge in [0.2, 0.25) is 5.75 Å². The van der Waals surface area contributed by atoms with Crippen molar-refractivity contribution in [2.75, 3.05) is 32.9 Å². The Morgan fingerprint density at radius 3 is 3.00 bits per heavy atom. The predicted molar refractivity (Wildman–Crippen MR) is 77.3 cm³/mol. The number of nitrogens with one attached hydrogen (secondary N) is 1. The van der Waals surface area contributed by atoms with E-state index in [0.717, 1.165) is 48.7 Å². The molecule has 1 fully saturated rings. The highest BCUT2D eigenvalue weighted by atomic mass is 16.6. The zero-order chi connectivity index (χ0) is 14.3. The Bertz CT molecular complexity index is 539. The summed E-state index contributed by atoms with van der Waals surface area (Å²) in [6.07, 6.45) is 1.95. The third kappa shape index (κ3) is 2.15. The molecule has 1 N–H and O–H groups in total. The highest BCUT2D eigenvalue weighted by Crippen LogP contribution is 2.51. The third-order valence-electron chi connectivity index (χ3n) is 4.49. The van der Waals surface area contributed by atoms with Crippen LogP contribution in [0.5, 0.6) is 17.2 Å². The lowest BCUT2D eigenvalue weighted by atomic mass is 9.87. The van der Waals surface area contributed by atoms with Crippen LogP contribution in [0.2, 0.25) is 0 Å². The predicted octanol–water partition coefficient (Wildman–Crippen LogP) is 2.05. The molecule has 2 unspecified atom stereocenters.